The van der Waals surface area contributed by atoms with E-state index in [2.05, 4.69) is 11.2 Å². The van der Waals surface area contributed by atoms with Crippen LogP contribution in [0.3, 0.4) is 0 Å². The van der Waals surface area contributed by atoms with Crippen molar-refractivity contribution < 1.29 is 0 Å². The van der Waals surface area contributed by atoms with Gasteiger partial charge < -0.3 is 5.73 Å². The number of halogens is 1. The summed E-state index contributed by atoms with van der Waals surface area (Å²) in [5.74, 6) is 0. The van der Waals surface area contributed by atoms with Crippen LogP contribution in [0, 0.1) is 0 Å². The smallest absolute Gasteiger partial charge is 0.0865 e. The Morgan fingerprint density at radius 3 is 3.00 bits per heavy atom. The maximum atomic E-state index is 6.14. The molecule has 2 aromatic rings. The Morgan fingerprint density at radius 1 is 1.50 bits per heavy atom. The van der Waals surface area contributed by atoms with Gasteiger partial charge in [0.25, 0.3) is 0 Å². The summed E-state index contributed by atoms with van der Waals surface area (Å²) in [6.07, 6.45) is 2.67. The zero-order valence-electron chi connectivity index (χ0n) is 8.00. The fraction of sp³-hybridized carbons (Fsp3) is 0.300. The molecule has 0 amide bonds. The van der Waals surface area contributed by atoms with Crippen molar-refractivity contribution >= 4 is 22.5 Å². The summed E-state index contributed by atoms with van der Waals surface area (Å²) in [5, 5.41) is 5.97. The lowest BCUT2D eigenvalue weighted by molar-refractivity contribution is 0.797. The van der Waals surface area contributed by atoms with Gasteiger partial charge in [-0.2, -0.15) is 5.10 Å². The first-order chi connectivity index (χ1) is 6.72. The minimum absolute atomic E-state index is 0.641. The van der Waals surface area contributed by atoms with Crippen molar-refractivity contribution in [2.24, 2.45) is 12.8 Å². The van der Waals surface area contributed by atoms with Gasteiger partial charge in [-0.1, -0.05) is 11.6 Å². The van der Waals surface area contributed by atoms with Gasteiger partial charge in [0.1, 0.15) is 0 Å². The van der Waals surface area contributed by atoms with Crippen LogP contribution in [0.15, 0.2) is 18.3 Å². The SMILES string of the molecule is Cn1ncc2cc(CCN)cc(Cl)c21. The molecule has 0 fully saturated rings. The molecule has 0 aliphatic rings. The van der Waals surface area contributed by atoms with Crippen molar-refractivity contribution in [3.8, 4) is 0 Å². The van der Waals surface area contributed by atoms with Crippen LogP contribution in [0.4, 0.5) is 0 Å². The first-order valence-electron chi connectivity index (χ1n) is 4.52. The topological polar surface area (TPSA) is 43.8 Å². The number of aromatic nitrogens is 2. The van der Waals surface area contributed by atoms with E-state index in [1.165, 1.54) is 0 Å². The van der Waals surface area contributed by atoms with Gasteiger partial charge in [0.2, 0.25) is 0 Å². The van der Waals surface area contributed by atoms with Crippen molar-refractivity contribution in [2.45, 2.75) is 6.42 Å². The molecule has 74 valence electrons. The third-order valence-corrected chi connectivity index (χ3v) is 2.57. The van der Waals surface area contributed by atoms with Crippen molar-refractivity contribution in [1.82, 2.24) is 9.78 Å². The molecule has 0 bridgehead atoms. The minimum Gasteiger partial charge on any atom is -0.330 e. The number of hydrogen-bond acceptors (Lipinski definition) is 2. The summed E-state index contributed by atoms with van der Waals surface area (Å²) in [6, 6.07) is 4.04. The molecule has 0 saturated heterocycles. The minimum atomic E-state index is 0.641. The largest absolute Gasteiger partial charge is 0.330 e. The highest BCUT2D eigenvalue weighted by atomic mass is 35.5. The predicted molar refractivity (Wildman–Crippen MR) is 58.5 cm³/mol. The Morgan fingerprint density at radius 2 is 2.29 bits per heavy atom. The molecule has 3 nitrogen and oxygen atoms in total. The lowest BCUT2D eigenvalue weighted by atomic mass is 10.1. The molecule has 1 heterocycles. The molecule has 0 radical (unpaired) electrons. The average molecular weight is 210 g/mol. The van der Waals surface area contributed by atoms with Crippen LogP contribution < -0.4 is 5.73 Å². The van der Waals surface area contributed by atoms with Gasteiger partial charge in [0.05, 0.1) is 16.7 Å². The zero-order valence-corrected chi connectivity index (χ0v) is 8.75. The Labute approximate surface area is 87.5 Å². The van der Waals surface area contributed by atoms with E-state index in [0.29, 0.717) is 6.54 Å². The van der Waals surface area contributed by atoms with Crippen molar-refractivity contribution in [2.75, 3.05) is 6.54 Å². The number of fused-ring (bicyclic) bond motifs is 1. The van der Waals surface area contributed by atoms with Crippen LogP contribution in [0.2, 0.25) is 5.02 Å². The summed E-state index contributed by atoms with van der Waals surface area (Å²) in [7, 11) is 1.89. The highest BCUT2D eigenvalue weighted by molar-refractivity contribution is 6.35. The predicted octanol–water partition coefficient (Wildman–Crippen LogP) is 1.73. The molecule has 2 N–H and O–H groups in total. The van der Waals surface area contributed by atoms with E-state index >= 15 is 0 Å². The Balaban J connectivity index is 2.62. The van der Waals surface area contributed by atoms with Crippen LogP contribution in [0.5, 0.6) is 0 Å². The molecule has 4 heteroatoms. The highest BCUT2D eigenvalue weighted by Crippen LogP contribution is 2.24. The number of nitrogens with two attached hydrogens (primary N) is 1. The third-order valence-electron chi connectivity index (χ3n) is 2.28. The molecule has 1 aromatic carbocycles. The molecule has 0 unspecified atom stereocenters. The van der Waals surface area contributed by atoms with Gasteiger partial charge in [-0.05, 0) is 30.7 Å². The molecular weight excluding hydrogens is 198 g/mol. The van der Waals surface area contributed by atoms with E-state index in [9.17, 15) is 0 Å². The summed E-state index contributed by atoms with van der Waals surface area (Å²) < 4.78 is 1.78. The van der Waals surface area contributed by atoms with Crippen LogP contribution in [-0.2, 0) is 13.5 Å². The number of hydrogen-bond donors (Lipinski definition) is 1. The van der Waals surface area contributed by atoms with Crippen molar-refractivity contribution in [3.63, 3.8) is 0 Å². The molecule has 0 aliphatic heterocycles. The Kier molecular flexibility index (Phi) is 2.44. The first-order valence-corrected chi connectivity index (χ1v) is 4.90. The Hall–Kier alpha value is -1.06. The van der Waals surface area contributed by atoms with E-state index in [0.717, 1.165) is 27.9 Å². The Bertz CT molecular complexity index is 462. The quantitative estimate of drug-likeness (QED) is 0.819. The van der Waals surface area contributed by atoms with Gasteiger partial charge in [0, 0.05) is 12.4 Å². The summed E-state index contributed by atoms with van der Waals surface area (Å²) >= 11 is 6.14. The molecule has 2 rings (SSSR count). The lowest BCUT2D eigenvalue weighted by Gasteiger charge is -2.02. The third kappa shape index (κ3) is 1.49. The van der Waals surface area contributed by atoms with Gasteiger partial charge in [0.15, 0.2) is 0 Å². The molecule has 14 heavy (non-hydrogen) atoms. The summed E-state index contributed by atoms with van der Waals surface area (Å²) in [4.78, 5) is 0. The normalized spacial score (nSPS) is 11.1. The number of nitrogens with zero attached hydrogens (tertiary/aromatic N) is 2. The highest BCUT2D eigenvalue weighted by Gasteiger charge is 2.05. The maximum Gasteiger partial charge on any atom is 0.0865 e. The average Bonchev–Trinajstić information content (AvgIpc) is 2.48. The van der Waals surface area contributed by atoms with Crippen molar-refractivity contribution in [3.05, 3.63) is 28.9 Å². The first kappa shape index (κ1) is 9.49. The van der Waals surface area contributed by atoms with E-state index in [-0.39, 0.29) is 0 Å². The maximum absolute atomic E-state index is 6.14. The van der Waals surface area contributed by atoms with Gasteiger partial charge in [-0.3, -0.25) is 4.68 Å². The second-order valence-electron chi connectivity index (χ2n) is 3.32. The number of aryl methyl sites for hydroxylation is 1. The molecule has 1 aromatic heterocycles. The van der Waals surface area contributed by atoms with E-state index in [1.54, 1.807) is 4.68 Å². The van der Waals surface area contributed by atoms with Crippen LogP contribution in [0.25, 0.3) is 10.9 Å². The summed E-state index contributed by atoms with van der Waals surface area (Å²) in [5.41, 5.74) is 7.64. The second kappa shape index (κ2) is 3.59. The standard InChI is InChI=1S/C10H12ClN3/c1-14-10-8(6-13-14)4-7(2-3-12)5-9(10)11/h4-6H,2-3,12H2,1H3. The number of benzene rings is 1. The molecule has 0 saturated carbocycles. The van der Waals surface area contributed by atoms with Gasteiger partial charge >= 0.3 is 0 Å². The van der Waals surface area contributed by atoms with Crippen LogP contribution >= 0.6 is 11.6 Å². The molecule has 0 atom stereocenters. The van der Waals surface area contributed by atoms with Gasteiger partial charge in [-0.15, -0.1) is 0 Å². The van der Waals surface area contributed by atoms with E-state index < -0.39 is 0 Å². The fourth-order valence-corrected chi connectivity index (χ4v) is 2.01. The number of rotatable bonds is 2. The lowest BCUT2D eigenvalue weighted by Crippen LogP contribution is -2.02. The monoisotopic (exact) mass is 209 g/mol. The van der Waals surface area contributed by atoms with E-state index in [1.807, 2.05) is 19.3 Å². The molecular formula is C10H12ClN3. The zero-order chi connectivity index (χ0) is 10.1. The molecule has 0 spiro atoms. The van der Waals surface area contributed by atoms with E-state index in [4.69, 9.17) is 17.3 Å². The van der Waals surface area contributed by atoms with Gasteiger partial charge in [-0.25, -0.2) is 0 Å². The van der Waals surface area contributed by atoms with Crippen LogP contribution in [0.1, 0.15) is 5.56 Å². The molecule has 0 aliphatic carbocycles. The summed E-state index contributed by atoms with van der Waals surface area (Å²) in [6.45, 7) is 0.641. The fourth-order valence-electron chi connectivity index (χ4n) is 1.64. The van der Waals surface area contributed by atoms with Crippen molar-refractivity contribution in [1.29, 1.82) is 0 Å². The second-order valence-corrected chi connectivity index (χ2v) is 3.73. The van der Waals surface area contributed by atoms with Crippen LogP contribution in [-0.4, -0.2) is 16.3 Å².